The Bertz CT molecular complexity index is 1030. The third-order valence-corrected chi connectivity index (χ3v) is 5.47. The van der Waals surface area contributed by atoms with Crippen molar-refractivity contribution in [3.63, 3.8) is 0 Å². The molecule has 30 heavy (non-hydrogen) atoms. The molecule has 1 heterocycles. The van der Waals surface area contributed by atoms with E-state index < -0.39 is 0 Å². The molecule has 0 bridgehead atoms. The van der Waals surface area contributed by atoms with Crippen LogP contribution in [0.5, 0.6) is 5.75 Å². The van der Waals surface area contributed by atoms with Crippen molar-refractivity contribution < 1.29 is 14.3 Å². The van der Waals surface area contributed by atoms with Crippen molar-refractivity contribution in [2.45, 2.75) is 32.1 Å². The van der Waals surface area contributed by atoms with Crippen molar-refractivity contribution in [1.82, 2.24) is 5.32 Å². The number of anilines is 1. The summed E-state index contributed by atoms with van der Waals surface area (Å²) in [5.74, 6) is 0.159. The summed E-state index contributed by atoms with van der Waals surface area (Å²) in [5.41, 5.74) is 3.20. The quantitative estimate of drug-likeness (QED) is 0.505. The summed E-state index contributed by atoms with van der Waals surface area (Å²) in [5, 5.41) is 6.38. The number of carbonyl (C=O) groups is 2. The van der Waals surface area contributed by atoms with Crippen molar-refractivity contribution in [3.8, 4) is 5.75 Å². The average Bonchev–Trinajstić information content (AvgIpc) is 2.76. The Kier molecular flexibility index (Phi) is 6.19. The van der Waals surface area contributed by atoms with Gasteiger partial charge in [-0.15, -0.1) is 0 Å². The van der Waals surface area contributed by atoms with Crippen LogP contribution in [0.2, 0.25) is 5.02 Å². The van der Waals surface area contributed by atoms with E-state index in [0.29, 0.717) is 28.6 Å². The highest BCUT2D eigenvalue weighted by Gasteiger charge is 2.23. The first kappa shape index (κ1) is 20.2. The first-order valence-electron chi connectivity index (χ1n) is 10.1. The van der Waals surface area contributed by atoms with Gasteiger partial charge in [-0.05, 0) is 74.1 Å². The van der Waals surface area contributed by atoms with Crippen molar-refractivity contribution in [1.29, 1.82) is 0 Å². The summed E-state index contributed by atoms with van der Waals surface area (Å²) in [6.45, 7) is 0.610. The predicted octanol–water partition coefficient (Wildman–Crippen LogP) is 5.33. The molecule has 0 saturated heterocycles. The number of rotatable bonds is 5. The van der Waals surface area contributed by atoms with E-state index in [9.17, 15) is 9.59 Å². The Hall–Kier alpha value is -3.05. The van der Waals surface area contributed by atoms with Crippen LogP contribution < -0.4 is 15.4 Å². The first-order chi connectivity index (χ1) is 14.6. The molecule has 154 valence electrons. The molecule has 6 heteroatoms. The highest BCUT2D eigenvalue weighted by Crippen LogP contribution is 2.32. The molecule has 2 N–H and O–H groups in total. The number of carbonyl (C=O) groups excluding carboxylic acids is 2. The van der Waals surface area contributed by atoms with Crippen molar-refractivity contribution in [3.05, 3.63) is 76.0 Å². The number of allylic oxidation sites excluding steroid dienone is 1. The lowest BCUT2D eigenvalue weighted by Gasteiger charge is -2.20. The Labute approximate surface area is 180 Å². The standard InChI is InChI=1S/C24H23ClN2O3/c25-19-9-6-17(7-10-19)14-22-24(29)27-20-15-18(8-11-21(20)30-22)23(28)26-13-12-16-4-2-1-3-5-16/h4,6-11,14-15H,1-3,5,12-13H2,(H,26,28)(H,27,29). The molecule has 0 spiro atoms. The van der Waals surface area contributed by atoms with E-state index in [2.05, 4.69) is 16.7 Å². The molecule has 2 aromatic carbocycles. The van der Waals surface area contributed by atoms with Gasteiger partial charge in [0.25, 0.3) is 11.8 Å². The van der Waals surface area contributed by atoms with Crippen LogP contribution in [0.4, 0.5) is 5.69 Å². The minimum absolute atomic E-state index is 0.161. The van der Waals surface area contributed by atoms with E-state index in [1.807, 2.05) is 0 Å². The molecule has 2 amide bonds. The zero-order chi connectivity index (χ0) is 20.9. The van der Waals surface area contributed by atoms with Gasteiger partial charge in [-0.25, -0.2) is 0 Å². The van der Waals surface area contributed by atoms with Crippen LogP contribution in [0.25, 0.3) is 6.08 Å². The Morgan fingerprint density at radius 1 is 1.17 bits per heavy atom. The second-order valence-electron chi connectivity index (χ2n) is 7.44. The van der Waals surface area contributed by atoms with Crippen molar-refractivity contribution >= 4 is 35.2 Å². The van der Waals surface area contributed by atoms with Gasteiger partial charge in [-0.1, -0.05) is 35.4 Å². The fourth-order valence-corrected chi connectivity index (χ4v) is 3.71. The maximum Gasteiger partial charge on any atom is 0.291 e. The molecule has 0 aromatic heterocycles. The number of amides is 2. The number of benzene rings is 2. The van der Waals surface area contributed by atoms with E-state index in [0.717, 1.165) is 24.8 Å². The maximum absolute atomic E-state index is 12.5. The van der Waals surface area contributed by atoms with Crippen LogP contribution in [0.15, 0.2) is 59.9 Å². The number of hydrogen-bond donors (Lipinski definition) is 2. The van der Waals surface area contributed by atoms with Gasteiger partial charge in [-0.3, -0.25) is 9.59 Å². The molecule has 4 rings (SSSR count). The lowest BCUT2D eigenvalue weighted by atomic mass is 9.97. The second-order valence-corrected chi connectivity index (χ2v) is 7.88. The molecule has 0 unspecified atom stereocenters. The van der Waals surface area contributed by atoms with Gasteiger partial charge in [0, 0.05) is 17.1 Å². The lowest BCUT2D eigenvalue weighted by molar-refractivity contribution is -0.115. The fourth-order valence-electron chi connectivity index (χ4n) is 3.58. The molecule has 2 aliphatic rings. The van der Waals surface area contributed by atoms with Crippen LogP contribution in [0, 0.1) is 0 Å². The molecule has 0 saturated carbocycles. The second kappa shape index (κ2) is 9.18. The zero-order valence-electron chi connectivity index (χ0n) is 16.5. The SMILES string of the molecule is O=C1Nc2cc(C(=O)NCCC3=CCCCC3)ccc2OC1=Cc1ccc(Cl)cc1. The molecule has 0 fully saturated rings. The van der Waals surface area contributed by atoms with Gasteiger partial charge in [0.1, 0.15) is 0 Å². The molecular formula is C24H23ClN2O3. The third kappa shape index (κ3) is 4.92. The van der Waals surface area contributed by atoms with Crippen LogP contribution in [-0.4, -0.2) is 18.4 Å². The minimum atomic E-state index is -0.362. The first-order valence-corrected chi connectivity index (χ1v) is 10.5. The predicted molar refractivity (Wildman–Crippen MR) is 119 cm³/mol. The third-order valence-electron chi connectivity index (χ3n) is 5.22. The van der Waals surface area contributed by atoms with E-state index >= 15 is 0 Å². The molecule has 1 aliphatic carbocycles. The van der Waals surface area contributed by atoms with Crippen molar-refractivity contribution in [2.24, 2.45) is 0 Å². The topological polar surface area (TPSA) is 67.4 Å². The van der Waals surface area contributed by atoms with Crippen LogP contribution >= 0.6 is 11.6 Å². The van der Waals surface area contributed by atoms with Crippen LogP contribution in [-0.2, 0) is 4.79 Å². The molecule has 5 nitrogen and oxygen atoms in total. The van der Waals surface area contributed by atoms with Gasteiger partial charge < -0.3 is 15.4 Å². The Morgan fingerprint density at radius 3 is 2.77 bits per heavy atom. The maximum atomic E-state index is 12.5. The van der Waals surface area contributed by atoms with Gasteiger partial charge in [-0.2, -0.15) is 0 Å². The van der Waals surface area contributed by atoms with Gasteiger partial charge in [0.2, 0.25) is 0 Å². The minimum Gasteiger partial charge on any atom is -0.449 e. The van der Waals surface area contributed by atoms with E-state index in [4.69, 9.17) is 16.3 Å². The highest BCUT2D eigenvalue weighted by molar-refractivity contribution is 6.30. The highest BCUT2D eigenvalue weighted by atomic mass is 35.5. The lowest BCUT2D eigenvalue weighted by Crippen LogP contribution is -2.26. The van der Waals surface area contributed by atoms with Crippen molar-refractivity contribution in [2.75, 3.05) is 11.9 Å². The fraction of sp³-hybridized carbons (Fsp3) is 0.250. The zero-order valence-corrected chi connectivity index (χ0v) is 17.3. The summed E-state index contributed by atoms with van der Waals surface area (Å²) in [7, 11) is 0. The van der Waals surface area contributed by atoms with E-state index in [-0.39, 0.29) is 17.6 Å². The molecule has 2 aromatic rings. The normalized spacial score (nSPS) is 16.9. The molecule has 0 radical (unpaired) electrons. The Balaban J connectivity index is 1.41. The molecular weight excluding hydrogens is 400 g/mol. The number of halogens is 1. The molecule has 1 aliphatic heterocycles. The molecule has 0 atom stereocenters. The number of hydrogen-bond acceptors (Lipinski definition) is 3. The number of ether oxygens (including phenoxy) is 1. The van der Waals surface area contributed by atoms with Crippen LogP contribution in [0.3, 0.4) is 0 Å². The number of fused-ring (bicyclic) bond motifs is 1. The summed E-state index contributed by atoms with van der Waals surface area (Å²) >= 11 is 5.89. The van der Waals surface area contributed by atoms with Gasteiger partial charge in [0.15, 0.2) is 11.5 Å². The number of nitrogens with one attached hydrogen (secondary N) is 2. The summed E-state index contributed by atoms with van der Waals surface area (Å²) in [4.78, 5) is 24.9. The van der Waals surface area contributed by atoms with E-state index in [1.54, 1.807) is 48.5 Å². The average molecular weight is 423 g/mol. The monoisotopic (exact) mass is 422 g/mol. The summed E-state index contributed by atoms with van der Waals surface area (Å²) < 4.78 is 5.75. The van der Waals surface area contributed by atoms with Gasteiger partial charge >= 0.3 is 0 Å². The summed E-state index contributed by atoms with van der Waals surface area (Å²) in [6, 6.07) is 12.1. The summed E-state index contributed by atoms with van der Waals surface area (Å²) in [6.07, 6.45) is 9.58. The van der Waals surface area contributed by atoms with Gasteiger partial charge in [0.05, 0.1) is 5.69 Å². The van der Waals surface area contributed by atoms with Crippen LogP contribution in [0.1, 0.15) is 48.0 Å². The Morgan fingerprint density at radius 2 is 2.00 bits per heavy atom. The largest absolute Gasteiger partial charge is 0.449 e. The van der Waals surface area contributed by atoms with E-state index in [1.165, 1.54) is 18.4 Å². The smallest absolute Gasteiger partial charge is 0.291 e.